The highest BCUT2D eigenvalue weighted by Gasteiger charge is 2.37. The zero-order chi connectivity index (χ0) is 26.7. The Morgan fingerprint density at radius 1 is 0.676 bits per heavy atom. The number of aryl methyl sites for hydroxylation is 2. The molecular formula is C35H46NSi+. The third kappa shape index (κ3) is 6.07. The summed E-state index contributed by atoms with van der Waals surface area (Å²) in [5.74, 6) is 2.19. The minimum absolute atomic E-state index is 0.731. The Kier molecular flexibility index (Phi) is 8.38. The lowest BCUT2D eigenvalue weighted by Crippen LogP contribution is -2.50. The molecule has 194 valence electrons. The normalized spacial score (nSPS) is 12.3. The van der Waals surface area contributed by atoms with Gasteiger partial charge in [0.1, 0.15) is 7.05 Å². The Labute approximate surface area is 226 Å². The molecule has 0 N–H and O–H groups in total. The molecule has 0 aliphatic carbocycles. The molecule has 0 spiro atoms. The predicted octanol–water partition coefficient (Wildman–Crippen LogP) is 8.93. The van der Waals surface area contributed by atoms with Crippen LogP contribution in [0.25, 0.3) is 33.2 Å². The molecule has 2 heteroatoms. The van der Waals surface area contributed by atoms with E-state index < -0.39 is 8.07 Å². The molecule has 0 saturated heterocycles. The second-order valence-electron chi connectivity index (χ2n) is 12.5. The van der Waals surface area contributed by atoms with Gasteiger partial charge in [-0.1, -0.05) is 119 Å². The van der Waals surface area contributed by atoms with Gasteiger partial charge in [0.25, 0.3) is 0 Å². The van der Waals surface area contributed by atoms with Crippen LogP contribution >= 0.6 is 0 Å². The van der Waals surface area contributed by atoms with Crippen molar-refractivity contribution in [2.75, 3.05) is 0 Å². The van der Waals surface area contributed by atoms with Crippen LogP contribution in [0, 0.1) is 24.7 Å². The number of fused-ring (bicyclic) bond motifs is 1. The third-order valence-corrected chi connectivity index (χ3v) is 14.1. The lowest BCUT2D eigenvalue weighted by atomic mass is 9.95. The molecular weight excluding hydrogens is 462 g/mol. The highest BCUT2D eigenvalue weighted by atomic mass is 28.3. The van der Waals surface area contributed by atoms with E-state index in [1.165, 1.54) is 56.9 Å². The molecule has 37 heavy (non-hydrogen) atoms. The van der Waals surface area contributed by atoms with Gasteiger partial charge in [-0.2, -0.15) is 0 Å². The van der Waals surface area contributed by atoms with Crippen molar-refractivity contribution in [1.82, 2.24) is 0 Å². The van der Waals surface area contributed by atoms with Crippen molar-refractivity contribution >= 4 is 24.0 Å². The summed E-state index contributed by atoms with van der Waals surface area (Å²) in [5.41, 5.74) is 6.49. The first-order chi connectivity index (χ1) is 17.6. The molecule has 0 unspecified atom stereocenters. The van der Waals surface area contributed by atoms with Crippen LogP contribution in [0.4, 0.5) is 0 Å². The van der Waals surface area contributed by atoms with Crippen molar-refractivity contribution in [3.05, 3.63) is 84.6 Å². The Bertz CT molecular complexity index is 1320. The molecule has 4 rings (SSSR count). The summed E-state index contributed by atoms with van der Waals surface area (Å²) in [6.07, 6.45) is 2.25. The number of rotatable bonds is 9. The van der Waals surface area contributed by atoms with E-state index >= 15 is 0 Å². The van der Waals surface area contributed by atoms with Crippen LogP contribution in [0.2, 0.25) is 18.1 Å². The molecule has 0 saturated carbocycles. The Morgan fingerprint density at radius 3 is 1.86 bits per heavy atom. The van der Waals surface area contributed by atoms with E-state index in [1.54, 1.807) is 5.19 Å². The highest BCUT2D eigenvalue weighted by molar-refractivity contribution is 6.92. The summed E-state index contributed by atoms with van der Waals surface area (Å²) >= 11 is 0. The third-order valence-electron chi connectivity index (χ3n) is 7.74. The first-order valence-electron chi connectivity index (χ1n) is 14.2. The maximum absolute atomic E-state index is 2.58. The smallest absolute Gasteiger partial charge is 0.200 e. The lowest BCUT2D eigenvalue weighted by Gasteiger charge is -2.37. The van der Waals surface area contributed by atoms with E-state index in [-0.39, 0.29) is 0 Å². The van der Waals surface area contributed by atoms with Crippen LogP contribution < -0.4 is 9.75 Å². The van der Waals surface area contributed by atoms with Gasteiger partial charge in [-0.05, 0) is 58.9 Å². The van der Waals surface area contributed by atoms with Crippen molar-refractivity contribution in [2.24, 2.45) is 24.8 Å². The number of pyridine rings is 1. The number of nitrogens with zero attached hydrogens (tertiary/aromatic N) is 1. The van der Waals surface area contributed by atoms with Gasteiger partial charge in [0.05, 0.1) is 13.5 Å². The van der Waals surface area contributed by atoms with Crippen LogP contribution in [-0.2, 0) is 7.05 Å². The fraction of sp³-hybridized carbons (Fsp3) is 0.400. The number of hydrogen-bond acceptors (Lipinski definition) is 0. The Balaban J connectivity index is 1.85. The van der Waals surface area contributed by atoms with Crippen LogP contribution in [-0.4, -0.2) is 8.07 Å². The molecule has 1 aromatic heterocycles. The fourth-order valence-electron chi connectivity index (χ4n) is 6.73. The second-order valence-corrected chi connectivity index (χ2v) is 16.9. The van der Waals surface area contributed by atoms with Crippen molar-refractivity contribution in [3.63, 3.8) is 0 Å². The van der Waals surface area contributed by atoms with Crippen LogP contribution in [0.3, 0.4) is 0 Å². The van der Waals surface area contributed by atoms with Crippen LogP contribution in [0.5, 0.6) is 0 Å². The van der Waals surface area contributed by atoms with Crippen LogP contribution in [0.1, 0.15) is 47.1 Å². The minimum atomic E-state index is -1.65. The summed E-state index contributed by atoms with van der Waals surface area (Å²) in [6, 6.07) is 31.6. The number of aromatic nitrogens is 1. The van der Waals surface area contributed by atoms with E-state index in [0.717, 1.165) is 17.8 Å². The molecule has 0 aliphatic heterocycles. The topological polar surface area (TPSA) is 3.88 Å². The van der Waals surface area contributed by atoms with Crippen LogP contribution in [0.15, 0.2) is 79.0 Å². The molecule has 0 atom stereocenters. The van der Waals surface area contributed by atoms with E-state index in [0.29, 0.717) is 0 Å². The van der Waals surface area contributed by atoms with Crippen molar-refractivity contribution in [2.45, 2.75) is 66.6 Å². The van der Waals surface area contributed by atoms with E-state index in [4.69, 9.17) is 0 Å². The van der Waals surface area contributed by atoms with Gasteiger partial charge in [-0.3, -0.25) is 0 Å². The maximum atomic E-state index is 2.58. The van der Waals surface area contributed by atoms with Gasteiger partial charge < -0.3 is 0 Å². The monoisotopic (exact) mass is 508 g/mol. The maximum Gasteiger partial charge on any atom is 0.220 e. The van der Waals surface area contributed by atoms with Gasteiger partial charge in [-0.25, -0.2) is 4.57 Å². The lowest BCUT2D eigenvalue weighted by molar-refractivity contribution is -0.659. The SMILES string of the molecule is Cc1cc(-c2ccccc2)ccc1-c1c2ccc([Si](CC(C)C)(CC(C)C)CC(C)C)cc2cc[n+]1C. The zero-order valence-electron chi connectivity index (χ0n) is 24.3. The molecule has 0 bridgehead atoms. The molecule has 3 aromatic carbocycles. The zero-order valence-corrected chi connectivity index (χ0v) is 25.3. The average Bonchev–Trinajstić information content (AvgIpc) is 2.83. The summed E-state index contributed by atoms with van der Waals surface area (Å²) in [4.78, 5) is 0. The Hall–Kier alpha value is -2.71. The van der Waals surface area contributed by atoms with Gasteiger partial charge in [0.15, 0.2) is 6.20 Å². The summed E-state index contributed by atoms with van der Waals surface area (Å²) < 4.78 is 2.30. The van der Waals surface area contributed by atoms with E-state index in [9.17, 15) is 0 Å². The largest absolute Gasteiger partial charge is 0.220 e. The average molecular weight is 509 g/mol. The molecule has 1 nitrogen and oxygen atoms in total. The second kappa shape index (κ2) is 11.4. The Morgan fingerprint density at radius 2 is 1.30 bits per heavy atom. The standard InChI is InChI=1S/C35H46NSi/c1-25(2)22-37(23-26(3)4,24-27(5)6)32-15-17-34-31(21-32)18-19-36(8)35(34)33-16-14-30(20-28(33)7)29-12-10-9-11-13-29/h9-21,25-27H,22-24H2,1-8H3/q+1. The quantitative estimate of drug-likeness (QED) is 0.157. The summed E-state index contributed by atoms with van der Waals surface area (Å²) in [5, 5.41) is 4.39. The van der Waals surface area contributed by atoms with Crippen molar-refractivity contribution in [1.29, 1.82) is 0 Å². The van der Waals surface area contributed by atoms with E-state index in [1.807, 2.05) is 0 Å². The molecule has 4 aromatic rings. The van der Waals surface area contributed by atoms with Gasteiger partial charge >= 0.3 is 0 Å². The van der Waals surface area contributed by atoms with Gasteiger partial charge in [-0.15, -0.1) is 0 Å². The van der Waals surface area contributed by atoms with Crippen molar-refractivity contribution < 1.29 is 4.57 Å². The van der Waals surface area contributed by atoms with Gasteiger partial charge in [0, 0.05) is 11.6 Å². The molecule has 0 radical (unpaired) electrons. The summed E-state index contributed by atoms with van der Waals surface area (Å²) in [7, 11) is 0.532. The van der Waals surface area contributed by atoms with E-state index in [2.05, 4.69) is 139 Å². The number of hydrogen-bond donors (Lipinski definition) is 0. The molecule has 0 amide bonds. The first kappa shape index (κ1) is 27.3. The predicted molar refractivity (Wildman–Crippen MR) is 165 cm³/mol. The van der Waals surface area contributed by atoms with Gasteiger partial charge in [0.2, 0.25) is 5.69 Å². The minimum Gasteiger partial charge on any atom is -0.200 e. The molecule has 0 fully saturated rings. The fourth-order valence-corrected chi connectivity index (χ4v) is 13.5. The summed E-state index contributed by atoms with van der Waals surface area (Å²) in [6.45, 7) is 16.8. The first-order valence-corrected chi connectivity index (χ1v) is 16.8. The number of benzene rings is 3. The molecule has 0 aliphatic rings. The molecule has 1 heterocycles. The van der Waals surface area contributed by atoms with Crippen molar-refractivity contribution in [3.8, 4) is 22.4 Å². The highest BCUT2D eigenvalue weighted by Crippen LogP contribution is 2.35.